The molecule has 0 N–H and O–H groups in total. The van der Waals surface area contributed by atoms with Gasteiger partial charge in [0.2, 0.25) is 9.84 Å². The first-order valence-corrected chi connectivity index (χ1v) is 8.06. The zero-order valence-electron chi connectivity index (χ0n) is 10.6. The predicted octanol–water partition coefficient (Wildman–Crippen LogP) is 4.33. The summed E-state index contributed by atoms with van der Waals surface area (Å²) in [6.07, 6.45) is 1.22. The molecule has 0 aromatic heterocycles. The molecule has 0 unspecified atom stereocenters. The summed E-state index contributed by atoms with van der Waals surface area (Å²) in [5, 5.41) is 9.67. The van der Waals surface area contributed by atoms with Crippen LogP contribution >= 0.6 is 23.2 Å². The average molecular weight is 338 g/mol. The van der Waals surface area contributed by atoms with Crippen LogP contribution in [0.25, 0.3) is 6.08 Å². The molecule has 0 bridgehead atoms. The summed E-state index contributed by atoms with van der Waals surface area (Å²) in [4.78, 5) is -0.339. The molecule has 0 aliphatic heterocycles. The van der Waals surface area contributed by atoms with Crippen molar-refractivity contribution >= 4 is 39.1 Å². The van der Waals surface area contributed by atoms with Crippen molar-refractivity contribution in [2.45, 2.75) is 4.90 Å². The molecule has 0 spiro atoms. The molecular formula is C15H9Cl2NO2S. The summed E-state index contributed by atoms with van der Waals surface area (Å²) in [7, 11) is -3.88. The van der Waals surface area contributed by atoms with Crippen LogP contribution in [0.1, 0.15) is 5.56 Å². The Morgan fingerprint density at radius 1 is 1.05 bits per heavy atom. The van der Waals surface area contributed by atoms with Gasteiger partial charge in [-0.2, -0.15) is 5.26 Å². The molecule has 0 aliphatic rings. The number of hydrogen-bond donors (Lipinski definition) is 0. The number of nitrogens with zero attached hydrogens (tertiary/aromatic N) is 1. The van der Waals surface area contributed by atoms with Crippen molar-refractivity contribution < 1.29 is 8.42 Å². The second kappa shape index (κ2) is 6.31. The van der Waals surface area contributed by atoms with Crippen molar-refractivity contribution in [3.05, 3.63) is 69.0 Å². The average Bonchev–Trinajstić information content (AvgIpc) is 2.49. The predicted molar refractivity (Wildman–Crippen MR) is 83.7 cm³/mol. The van der Waals surface area contributed by atoms with Crippen LogP contribution in [0.3, 0.4) is 0 Å². The van der Waals surface area contributed by atoms with Crippen LogP contribution in [0.15, 0.2) is 58.3 Å². The van der Waals surface area contributed by atoms with E-state index in [1.165, 1.54) is 18.2 Å². The van der Waals surface area contributed by atoms with E-state index in [0.29, 0.717) is 10.6 Å². The first-order chi connectivity index (χ1) is 9.96. The molecule has 0 heterocycles. The van der Waals surface area contributed by atoms with Gasteiger partial charge in [-0.1, -0.05) is 53.5 Å². The maximum absolute atomic E-state index is 12.4. The number of hydrogen-bond acceptors (Lipinski definition) is 3. The second-order valence-electron chi connectivity index (χ2n) is 4.08. The van der Waals surface area contributed by atoms with Crippen LogP contribution in [0.5, 0.6) is 0 Å². The van der Waals surface area contributed by atoms with Crippen molar-refractivity contribution in [2.24, 2.45) is 0 Å². The number of halogens is 2. The minimum atomic E-state index is -3.88. The fourth-order valence-corrected chi connectivity index (χ4v) is 3.20. The smallest absolute Gasteiger partial charge is 0.216 e. The molecule has 0 atom stereocenters. The lowest BCUT2D eigenvalue weighted by molar-refractivity contribution is 0.603. The second-order valence-corrected chi connectivity index (χ2v) is 6.78. The quantitative estimate of drug-likeness (QED) is 0.783. The molecule has 0 saturated heterocycles. The molecule has 21 heavy (non-hydrogen) atoms. The minimum absolute atomic E-state index is 0.0518. The van der Waals surface area contributed by atoms with E-state index in [9.17, 15) is 13.7 Å². The lowest BCUT2D eigenvalue weighted by Gasteiger charge is -2.04. The summed E-state index contributed by atoms with van der Waals surface area (Å²) in [6, 6.07) is 14.2. The van der Waals surface area contributed by atoms with Crippen molar-refractivity contribution in [3.63, 3.8) is 0 Å². The maximum atomic E-state index is 12.4. The van der Waals surface area contributed by atoms with E-state index in [0.717, 1.165) is 0 Å². The Hall–Kier alpha value is -1.80. The number of rotatable bonds is 3. The van der Waals surface area contributed by atoms with E-state index in [-0.39, 0.29) is 9.92 Å². The molecular weight excluding hydrogens is 329 g/mol. The van der Waals surface area contributed by atoms with Gasteiger partial charge >= 0.3 is 0 Å². The first-order valence-electron chi connectivity index (χ1n) is 5.83. The number of allylic oxidation sites excluding steroid dienone is 1. The van der Waals surface area contributed by atoms with Gasteiger partial charge in [0.1, 0.15) is 11.0 Å². The van der Waals surface area contributed by atoms with Crippen LogP contribution in [-0.4, -0.2) is 8.42 Å². The van der Waals surface area contributed by atoms with Crippen LogP contribution < -0.4 is 0 Å². The summed E-state index contributed by atoms with van der Waals surface area (Å²) < 4.78 is 24.8. The van der Waals surface area contributed by atoms with Crippen molar-refractivity contribution in [1.29, 1.82) is 5.26 Å². The Bertz CT molecular complexity index is 838. The molecule has 3 nitrogen and oxygen atoms in total. The molecule has 2 aromatic rings. The van der Waals surface area contributed by atoms with Crippen molar-refractivity contribution in [1.82, 2.24) is 0 Å². The Balaban J connectivity index is 2.58. The van der Waals surface area contributed by atoms with Crippen molar-refractivity contribution in [3.8, 4) is 6.07 Å². The highest BCUT2D eigenvalue weighted by Gasteiger charge is 2.20. The van der Waals surface area contributed by atoms with Crippen LogP contribution in [0, 0.1) is 11.3 Å². The lowest BCUT2D eigenvalue weighted by atomic mass is 10.2. The lowest BCUT2D eigenvalue weighted by Crippen LogP contribution is -2.03. The number of sulfone groups is 1. The van der Waals surface area contributed by atoms with Gasteiger partial charge in [0.25, 0.3) is 0 Å². The normalized spacial score (nSPS) is 12.0. The summed E-state index contributed by atoms with van der Waals surface area (Å²) >= 11 is 11.9. The molecule has 2 aromatic carbocycles. The Morgan fingerprint density at radius 3 is 2.33 bits per heavy atom. The molecule has 0 fully saturated rings. The van der Waals surface area contributed by atoms with Crippen LogP contribution in [0.4, 0.5) is 0 Å². The van der Waals surface area contributed by atoms with Crippen LogP contribution in [0.2, 0.25) is 10.0 Å². The summed E-state index contributed by atoms with van der Waals surface area (Å²) in [6.45, 7) is 0. The van der Waals surface area contributed by atoms with Gasteiger partial charge in [-0.25, -0.2) is 8.42 Å². The standard InChI is InChI=1S/C15H9Cl2NO2S/c16-14-8-4-5-11(15(14)17)9-13(10-18)21(19,20)12-6-2-1-3-7-12/h1-9H. The van der Waals surface area contributed by atoms with E-state index in [2.05, 4.69) is 0 Å². The van der Waals surface area contributed by atoms with Gasteiger partial charge in [-0.15, -0.1) is 0 Å². The van der Waals surface area contributed by atoms with Crippen molar-refractivity contribution in [2.75, 3.05) is 0 Å². The maximum Gasteiger partial charge on any atom is 0.216 e. The fraction of sp³-hybridized carbons (Fsp3) is 0. The van der Waals surface area contributed by atoms with Gasteiger partial charge in [0.05, 0.1) is 14.9 Å². The highest BCUT2D eigenvalue weighted by Crippen LogP contribution is 2.29. The zero-order chi connectivity index (χ0) is 15.5. The van der Waals surface area contributed by atoms with Crippen LogP contribution in [-0.2, 0) is 9.84 Å². The SMILES string of the molecule is N#CC(=Cc1cccc(Cl)c1Cl)S(=O)(=O)c1ccccc1. The molecule has 106 valence electrons. The Kier molecular flexibility index (Phi) is 4.69. The third-order valence-electron chi connectivity index (χ3n) is 2.72. The third-order valence-corrected chi connectivity index (χ3v) is 5.24. The first kappa shape index (κ1) is 15.6. The summed E-state index contributed by atoms with van der Waals surface area (Å²) in [5.41, 5.74) is 0.375. The Labute approximate surface area is 133 Å². The van der Waals surface area contributed by atoms with E-state index in [1.54, 1.807) is 42.5 Å². The van der Waals surface area contributed by atoms with E-state index in [4.69, 9.17) is 23.2 Å². The van der Waals surface area contributed by atoms with Gasteiger partial charge in [-0.05, 0) is 29.8 Å². The Morgan fingerprint density at radius 2 is 1.71 bits per heavy atom. The zero-order valence-corrected chi connectivity index (χ0v) is 13.0. The highest BCUT2D eigenvalue weighted by atomic mass is 35.5. The molecule has 0 saturated carbocycles. The van der Waals surface area contributed by atoms with Gasteiger partial charge in [0, 0.05) is 0 Å². The molecule has 2 rings (SSSR count). The minimum Gasteiger partial charge on any atom is -0.218 e. The number of benzene rings is 2. The third kappa shape index (κ3) is 3.27. The fourth-order valence-electron chi connectivity index (χ4n) is 1.67. The number of nitriles is 1. The van der Waals surface area contributed by atoms with Gasteiger partial charge in [0.15, 0.2) is 0 Å². The summed E-state index contributed by atoms with van der Waals surface area (Å²) in [5.74, 6) is 0. The van der Waals surface area contributed by atoms with E-state index >= 15 is 0 Å². The van der Waals surface area contributed by atoms with Gasteiger partial charge in [-0.3, -0.25) is 0 Å². The van der Waals surface area contributed by atoms with E-state index < -0.39 is 14.7 Å². The highest BCUT2D eigenvalue weighted by molar-refractivity contribution is 7.95. The topological polar surface area (TPSA) is 57.9 Å². The molecule has 6 heteroatoms. The molecule has 0 radical (unpaired) electrons. The molecule has 0 amide bonds. The van der Waals surface area contributed by atoms with Gasteiger partial charge < -0.3 is 0 Å². The monoisotopic (exact) mass is 337 g/mol. The molecule has 0 aliphatic carbocycles. The van der Waals surface area contributed by atoms with E-state index in [1.807, 2.05) is 0 Å². The largest absolute Gasteiger partial charge is 0.218 e.